The Kier molecular flexibility index (Phi) is 4.23. The molecular weight excluding hydrogens is 318 g/mol. The van der Waals surface area contributed by atoms with Crippen LogP contribution in [0.1, 0.15) is 25.3 Å². The van der Waals surface area contributed by atoms with E-state index in [9.17, 15) is 4.79 Å². The van der Waals surface area contributed by atoms with E-state index in [0.29, 0.717) is 23.4 Å². The average molecular weight is 339 g/mol. The van der Waals surface area contributed by atoms with Gasteiger partial charge in [-0.15, -0.1) is 0 Å². The van der Waals surface area contributed by atoms with Crippen LogP contribution in [0.2, 0.25) is 0 Å². The minimum absolute atomic E-state index is 0.0328. The van der Waals surface area contributed by atoms with Gasteiger partial charge in [-0.25, -0.2) is 9.97 Å². The van der Waals surface area contributed by atoms with Gasteiger partial charge in [0.05, 0.1) is 10.9 Å². The molecule has 7 heteroatoms. The Bertz CT molecular complexity index is 932. The van der Waals surface area contributed by atoms with Crippen molar-refractivity contribution in [1.82, 2.24) is 19.5 Å². The summed E-state index contributed by atoms with van der Waals surface area (Å²) in [7, 11) is 0. The van der Waals surface area contributed by atoms with Crippen molar-refractivity contribution in [3.05, 3.63) is 52.8 Å². The summed E-state index contributed by atoms with van der Waals surface area (Å²) in [6, 6.07) is 7.33. The summed E-state index contributed by atoms with van der Waals surface area (Å²) < 4.78 is 8.03. The smallest absolute Gasteiger partial charge is 0.260 e. The summed E-state index contributed by atoms with van der Waals surface area (Å²) in [5.41, 5.74) is 0.559. The van der Waals surface area contributed by atoms with E-state index in [1.807, 2.05) is 30.6 Å². The van der Waals surface area contributed by atoms with E-state index >= 15 is 0 Å². The first-order chi connectivity index (χ1) is 12.3. The zero-order valence-corrected chi connectivity index (χ0v) is 14.1. The summed E-state index contributed by atoms with van der Waals surface area (Å²) >= 11 is 0. The molecule has 0 amide bonds. The molecule has 3 heterocycles. The van der Waals surface area contributed by atoms with Crippen LogP contribution in [0.3, 0.4) is 0 Å². The van der Waals surface area contributed by atoms with Gasteiger partial charge in [-0.1, -0.05) is 12.1 Å². The number of nitrogens with one attached hydrogen (secondary N) is 2. The van der Waals surface area contributed by atoms with Gasteiger partial charge in [0.25, 0.3) is 5.56 Å². The number of para-hydroxylation sites is 1. The molecule has 0 aliphatic carbocycles. The van der Waals surface area contributed by atoms with E-state index in [1.54, 1.807) is 6.07 Å². The molecule has 25 heavy (non-hydrogen) atoms. The quantitative estimate of drug-likeness (QED) is 0.745. The molecule has 1 fully saturated rings. The number of ether oxygens (including phenoxy) is 1. The van der Waals surface area contributed by atoms with Gasteiger partial charge in [-0.3, -0.25) is 9.78 Å². The number of hydrogen-bond donors (Lipinski definition) is 2. The zero-order chi connectivity index (χ0) is 17.2. The molecule has 2 N–H and O–H groups in total. The lowest BCUT2D eigenvalue weighted by molar-refractivity contribution is 0.0832. The number of benzene rings is 1. The number of nitrogens with zero attached hydrogens (tertiary/aromatic N) is 3. The van der Waals surface area contributed by atoms with Gasteiger partial charge in [-0.05, 0) is 25.5 Å². The molecule has 0 spiro atoms. The van der Waals surface area contributed by atoms with Crippen LogP contribution in [0.5, 0.6) is 0 Å². The zero-order valence-electron chi connectivity index (χ0n) is 14.1. The van der Waals surface area contributed by atoms with Crippen LogP contribution in [0.25, 0.3) is 10.9 Å². The topological polar surface area (TPSA) is 84.8 Å². The van der Waals surface area contributed by atoms with Crippen LogP contribution in [0.4, 0.5) is 5.95 Å². The normalized spacial score (nSPS) is 20.2. The van der Waals surface area contributed by atoms with Gasteiger partial charge in [0.15, 0.2) is 0 Å². The van der Waals surface area contributed by atoms with Crippen molar-refractivity contribution >= 4 is 16.9 Å². The second-order valence-corrected chi connectivity index (χ2v) is 6.22. The molecule has 1 aromatic carbocycles. The average Bonchev–Trinajstić information content (AvgIpc) is 3.28. The van der Waals surface area contributed by atoms with Crippen LogP contribution in [0, 0.1) is 5.92 Å². The number of hydrogen-bond acceptors (Lipinski definition) is 5. The van der Waals surface area contributed by atoms with E-state index in [4.69, 9.17) is 4.74 Å². The Balaban J connectivity index is 1.52. The monoisotopic (exact) mass is 339 g/mol. The molecule has 0 unspecified atom stereocenters. The maximum Gasteiger partial charge on any atom is 0.260 e. The maximum absolute atomic E-state index is 12.2. The van der Waals surface area contributed by atoms with Crippen molar-refractivity contribution in [3.8, 4) is 0 Å². The number of H-pyrrole nitrogens is 1. The molecule has 3 aromatic rings. The van der Waals surface area contributed by atoms with Gasteiger partial charge < -0.3 is 14.6 Å². The van der Waals surface area contributed by atoms with Gasteiger partial charge in [0.1, 0.15) is 11.9 Å². The molecule has 1 aliphatic rings. The fourth-order valence-electron chi connectivity index (χ4n) is 3.37. The Labute approximate surface area is 145 Å². The van der Waals surface area contributed by atoms with Gasteiger partial charge in [0, 0.05) is 38.0 Å². The van der Waals surface area contributed by atoms with Crippen molar-refractivity contribution in [2.24, 2.45) is 5.92 Å². The Morgan fingerprint density at radius 3 is 3.16 bits per heavy atom. The van der Waals surface area contributed by atoms with Crippen LogP contribution >= 0.6 is 0 Å². The summed E-state index contributed by atoms with van der Waals surface area (Å²) in [4.78, 5) is 23.9. The lowest BCUT2D eigenvalue weighted by Crippen LogP contribution is -2.22. The highest BCUT2D eigenvalue weighted by Crippen LogP contribution is 2.33. The number of imidazole rings is 1. The number of aromatic amines is 1. The third-order valence-electron chi connectivity index (χ3n) is 4.70. The molecule has 4 rings (SSSR count). The van der Waals surface area contributed by atoms with Crippen LogP contribution in [-0.2, 0) is 11.3 Å². The standard InChI is InChI=1S/C18H21N5O2/c1-2-23-9-8-19-16(23)15-12(7-10-25-15)11-20-18-21-14-6-4-3-5-13(14)17(24)22-18/h3-6,8-9,12,15H,2,7,10-11H2,1H3,(H2,20,21,22,24)/t12-,15+/m0/s1. The summed E-state index contributed by atoms with van der Waals surface area (Å²) in [5, 5.41) is 3.86. The molecule has 7 nitrogen and oxygen atoms in total. The second-order valence-electron chi connectivity index (χ2n) is 6.22. The van der Waals surface area contributed by atoms with Crippen molar-refractivity contribution in [3.63, 3.8) is 0 Å². The second kappa shape index (κ2) is 6.68. The first-order valence-electron chi connectivity index (χ1n) is 8.62. The number of aromatic nitrogens is 4. The molecule has 1 saturated heterocycles. The first-order valence-corrected chi connectivity index (χ1v) is 8.62. The Hall–Kier alpha value is -2.67. The molecule has 0 radical (unpaired) electrons. The van der Waals surface area contributed by atoms with Crippen molar-refractivity contribution < 1.29 is 4.74 Å². The summed E-state index contributed by atoms with van der Waals surface area (Å²) in [6.07, 6.45) is 4.71. The lowest BCUT2D eigenvalue weighted by atomic mass is 10.0. The highest BCUT2D eigenvalue weighted by molar-refractivity contribution is 5.78. The summed E-state index contributed by atoms with van der Waals surface area (Å²) in [5.74, 6) is 1.74. The Morgan fingerprint density at radius 1 is 1.40 bits per heavy atom. The molecule has 0 saturated carbocycles. The van der Waals surface area contributed by atoms with E-state index in [0.717, 1.165) is 25.4 Å². The highest BCUT2D eigenvalue weighted by Gasteiger charge is 2.32. The van der Waals surface area contributed by atoms with Crippen molar-refractivity contribution in [1.29, 1.82) is 0 Å². The summed E-state index contributed by atoms with van der Waals surface area (Å²) in [6.45, 7) is 4.35. The van der Waals surface area contributed by atoms with E-state index in [1.165, 1.54) is 0 Å². The van der Waals surface area contributed by atoms with Crippen molar-refractivity contribution in [2.75, 3.05) is 18.5 Å². The molecule has 1 aliphatic heterocycles. The third kappa shape index (κ3) is 3.02. The molecular formula is C18H21N5O2. The molecule has 0 bridgehead atoms. The minimum atomic E-state index is -0.131. The minimum Gasteiger partial charge on any atom is -0.370 e. The predicted molar refractivity (Wildman–Crippen MR) is 95.6 cm³/mol. The Morgan fingerprint density at radius 2 is 2.28 bits per heavy atom. The van der Waals surface area contributed by atoms with E-state index in [2.05, 4.69) is 31.8 Å². The number of rotatable bonds is 5. The number of aryl methyl sites for hydroxylation is 1. The number of anilines is 1. The van der Waals surface area contributed by atoms with Crippen molar-refractivity contribution in [2.45, 2.75) is 26.0 Å². The number of fused-ring (bicyclic) bond motifs is 1. The molecule has 2 aromatic heterocycles. The fourth-order valence-corrected chi connectivity index (χ4v) is 3.37. The molecule has 2 atom stereocenters. The van der Waals surface area contributed by atoms with Crippen LogP contribution < -0.4 is 10.9 Å². The largest absolute Gasteiger partial charge is 0.370 e. The third-order valence-corrected chi connectivity index (χ3v) is 4.70. The van der Waals surface area contributed by atoms with Crippen LogP contribution in [0.15, 0.2) is 41.5 Å². The van der Waals surface area contributed by atoms with Gasteiger partial charge in [0.2, 0.25) is 5.95 Å². The maximum atomic E-state index is 12.2. The fraction of sp³-hybridized carbons (Fsp3) is 0.389. The molecule has 130 valence electrons. The van der Waals surface area contributed by atoms with Gasteiger partial charge >= 0.3 is 0 Å². The SMILES string of the molecule is CCn1ccnc1[C@@H]1OCC[C@H]1CNc1nc2ccccc2c(=O)[nH]1. The predicted octanol–water partition coefficient (Wildman–Crippen LogP) is 2.33. The highest BCUT2D eigenvalue weighted by atomic mass is 16.5. The van der Waals surface area contributed by atoms with Gasteiger partial charge in [-0.2, -0.15) is 0 Å². The van der Waals surface area contributed by atoms with E-state index < -0.39 is 0 Å². The van der Waals surface area contributed by atoms with Crippen LogP contribution in [-0.4, -0.2) is 32.7 Å². The van der Waals surface area contributed by atoms with E-state index in [-0.39, 0.29) is 17.6 Å². The first kappa shape index (κ1) is 15.8. The lowest BCUT2D eigenvalue weighted by Gasteiger charge is -2.19.